The number of thiophene rings is 1. The minimum atomic E-state index is -0.384. The molecule has 4 rings (SSSR count). The lowest BCUT2D eigenvalue weighted by atomic mass is 9.88. The summed E-state index contributed by atoms with van der Waals surface area (Å²) < 4.78 is 6.78. The van der Waals surface area contributed by atoms with Crippen LogP contribution < -0.4 is 5.32 Å². The number of fused-ring (bicyclic) bond motifs is 2. The number of aromatic nitrogens is 2. The van der Waals surface area contributed by atoms with Crippen molar-refractivity contribution in [2.75, 3.05) is 12.4 Å². The van der Waals surface area contributed by atoms with E-state index in [1.165, 1.54) is 23.3 Å². The molecule has 1 aliphatic carbocycles. The van der Waals surface area contributed by atoms with E-state index < -0.39 is 0 Å². The zero-order valence-corrected chi connectivity index (χ0v) is 16.1. The molecule has 6 nitrogen and oxygen atoms in total. The monoisotopic (exact) mass is 383 g/mol. The summed E-state index contributed by atoms with van der Waals surface area (Å²) in [5.74, 6) is 0.0166. The number of para-hydroxylation sites is 2. The van der Waals surface area contributed by atoms with Crippen molar-refractivity contribution in [3.8, 4) is 0 Å². The number of amides is 1. The van der Waals surface area contributed by atoms with Crippen molar-refractivity contribution >= 4 is 39.2 Å². The second kappa shape index (κ2) is 7.15. The van der Waals surface area contributed by atoms with Crippen LogP contribution in [0.15, 0.2) is 30.6 Å². The zero-order chi connectivity index (χ0) is 19.0. The van der Waals surface area contributed by atoms with Crippen molar-refractivity contribution in [3.63, 3.8) is 0 Å². The fourth-order valence-corrected chi connectivity index (χ4v) is 5.03. The van der Waals surface area contributed by atoms with Gasteiger partial charge in [-0.1, -0.05) is 19.1 Å². The molecule has 0 radical (unpaired) electrons. The predicted molar refractivity (Wildman–Crippen MR) is 105 cm³/mol. The first-order chi connectivity index (χ1) is 13.1. The molecule has 1 aliphatic rings. The van der Waals surface area contributed by atoms with Crippen LogP contribution >= 0.6 is 11.3 Å². The number of nitrogens with zero attached hydrogens (tertiary/aromatic N) is 2. The van der Waals surface area contributed by atoms with Gasteiger partial charge in [-0.2, -0.15) is 0 Å². The standard InChI is InChI=1S/C20H21N3O3S/c1-12-7-8-13-16(9-12)27-19(18(13)20(25)26-2)22-17(24)10-23-11-21-14-5-3-4-6-15(14)23/h3-6,11-12H,7-10H2,1-2H3,(H,22,24). The summed E-state index contributed by atoms with van der Waals surface area (Å²) in [5.41, 5.74) is 3.31. The zero-order valence-electron chi connectivity index (χ0n) is 15.3. The van der Waals surface area contributed by atoms with Crippen molar-refractivity contribution in [2.24, 2.45) is 5.92 Å². The number of carbonyl (C=O) groups excluding carboxylic acids is 2. The number of esters is 1. The Balaban J connectivity index is 1.60. The molecule has 1 amide bonds. The molecule has 1 unspecified atom stereocenters. The summed E-state index contributed by atoms with van der Waals surface area (Å²) in [6, 6.07) is 7.68. The Morgan fingerprint density at radius 3 is 3.00 bits per heavy atom. The molecule has 2 heterocycles. The molecule has 0 bridgehead atoms. The van der Waals surface area contributed by atoms with Crippen molar-refractivity contribution < 1.29 is 14.3 Å². The van der Waals surface area contributed by atoms with E-state index in [0.29, 0.717) is 16.5 Å². The van der Waals surface area contributed by atoms with Crippen LogP contribution in [-0.4, -0.2) is 28.5 Å². The van der Waals surface area contributed by atoms with E-state index >= 15 is 0 Å². The van der Waals surface area contributed by atoms with Crippen LogP contribution in [0.2, 0.25) is 0 Å². The van der Waals surface area contributed by atoms with Crippen molar-refractivity contribution in [3.05, 3.63) is 46.6 Å². The number of nitrogens with one attached hydrogen (secondary N) is 1. The number of benzene rings is 1. The van der Waals surface area contributed by atoms with Crippen LogP contribution in [0, 0.1) is 5.92 Å². The van der Waals surface area contributed by atoms with Gasteiger partial charge in [-0.05, 0) is 42.9 Å². The lowest BCUT2D eigenvalue weighted by Gasteiger charge is -2.18. The maximum atomic E-state index is 12.7. The third-order valence-electron chi connectivity index (χ3n) is 5.00. The highest BCUT2D eigenvalue weighted by Gasteiger charge is 2.28. The molecule has 1 atom stereocenters. The van der Waals surface area contributed by atoms with E-state index in [0.717, 1.165) is 35.9 Å². The molecule has 0 fully saturated rings. The van der Waals surface area contributed by atoms with E-state index in [1.807, 2.05) is 24.3 Å². The molecule has 140 valence electrons. The number of ether oxygens (including phenoxy) is 1. The van der Waals surface area contributed by atoms with Gasteiger partial charge >= 0.3 is 5.97 Å². The summed E-state index contributed by atoms with van der Waals surface area (Å²) in [6.45, 7) is 2.35. The number of hydrogen-bond acceptors (Lipinski definition) is 5. The first-order valence-corrected chi connectivity index (χ1v) is 9.81. The predicted octanol–water partition coefficient (Wildman–Crippen LogP) is 3.65. The van der Waals surface area contributed by atoms with Gasteiger partial charge in [0.25, 0.3) is 0 Å². The number of hydrogen-bond donors (Lipinski definition) is 1. The molecule has 1 aromatic carbocycles. The van der Waals surface area contributed by atoms with Crippen molar-refractivity contribution in [1.82, 2.24) is 9.55 Å². The van der Waals surface area contributed by atoms with Crippen LogP contribution in [-0.2, 0) is 28.9 Å². The van der Waals surface area contributed by atoms with Gasteiger partial charge in [0.2, 0.25) is 5.91 Å². The van der Waals surface area contributed by atoms with E-state index in [2.05, 4.69) is 17.2 Å². The van der Waals surface area contributed by atoms with E-state index in [9.17, 15) is 9.59 Å². The highest BCUT2D eigenvalue weighted by atomic mass is 32.1. The van der Waals surface area contributed by atoms with E-state index in [-0.39, 0.29) is 18.4 Å². The van der Waals surface area contributed by atoms with Crippen LogP contribution in [0.4, 0.5) is 5.00 Å². The summed E-state index contributed by atoms with van der Waals surface area (Å²) in [6.07, 6.45) is 4.49. The fraction of sp³-hybridized carbons (Fsp3) is 0.350. The van der Waals surface area contributed by atoms with Gasteiger partial charge in [0.1, 0.15) is 11.5 Å². The SMILES string of the molecule is COC(=O)c1c(NC(=O)Cn2cnc3ccccc32)sc2c1CCC(C)C2. The molecular weight excluding hydrogens is 362 g/mol. The van der Waals surface area contributed by atoms with Crippen LogP contribution in [0.1, 0.15) is 34.1 Å². The summed E-state index contributed by atoms with van der Waals surface area (Å²) in [4.78, 5) is 30.5. The molecule has 0 aliphatic heterocycles. The molecule has 2 aromatic heterocycles. The first kappa shape index (κ1) is 17.7. The van der Waals surface area contributed by atoms with Gasteiger partial charge in [-0.3, -0.25) is 4.79 Å². The Labute approximate surface area is 161 Å². The minimum absolute atomic E-state index is 0.139. The van der Waals surface area contributed by atoms with Crippen LogP contribution in [0.25, 0.3) is 11.0 Å². The second-order valence-corrected chi connectivity index (χ2v) is 8.06. The quantitative estimate of drug-likeness (QED) is 0.698. The van der Waals surface area contributed by atoms with Gasteiger partial charge in [0.15, 0.2) is 0 Å². The molecular formula is C20H21N3O3S. The molecule has 0 spiro atoms. The average Bonchev–Trinajstić information content (AvgIpc) is 3.22. The lowest BCUT2D eigenvalue weighted by Crippen LogP contribution is -2.19. The Kier molecular flexibility index (Phi) is 4.70. The van der Waals surface area contributed by atoms with E-state index in [4.69, 9.17) is 4.74 Å². The number of anilines is 1. The Morgan fingerprint density at radius 1 is 1.37 bits per heavy atom. The second-order valence-electron chi connectivity index (χ2n) is 6.96. The van der Waals surface area contributed by atoms with Crippen molar-refractivity contribution in [2.45, 2.75) is 32.7 Å². The number of rotatable bonds is 4. The normalized spacial score (nSPS) is 16.1. The highest BCUT2D eigenvalue weighted by molar-refractivity contribution is 7.17. The van der Waals surface area contributed by atoms with E-state index in [1.54, 1.807) is 10.9 Å². The average molecular weight is 383 g/mol. The fourth-order valence-electron chi connectivity index (χ4n) is 3.61. The Bertz CT molecular complexity index is 1020. The smallest absolute Gasteiger partial charge is 0.341 e. The van der Waals surface area contributed by atoms with Gasteiger partial charge in [0, 0.05) is 4.88 Å². The largest absolute Gasteiger partial charge is 0.465 e. The molecule has 0 saturated heterocycles. The maximum Gasteiger partial charge on any atom is 0.341 e. The molecule has 1 N–H and O–H groups in total. The summed E-state index contributed by atoms with van der Waals surface area (Å²) in [5, 5.41) is 3.52. The van der Waals surface area contributed by atoms with Crippen LogP contribution in [0.3, 0.4) is 0 Å². The Morgan fingerprint density at radius 2 is 2.19 bits per heavy atom. The third-order valence-corrected chi connectivity index (χ3v) is 6.17. The third kappa shape index (κ3) is 3.35. The lowest BCUT2D eigenvalue weighted by molar-refractivity contribution is -0.116. The van der Waals surface area contributed by atoms with Crippen LogP contribution in [0.5, 0.6) is 0 Å². The van der Waals surface area contributed by atoms with Gasteiger partial charge in [0.05, 0.1) is 30.0 Å². The molecule has 27 heavy (non-hydrogen) atoms. The number of methoxy groups -OCH3 is 1. The molecule has 0 saturated carbocycles. The molecule has 3 aromatic rings. The number of imidazole rings is 1. The molecule has 7 heteroatoms. The van der Waals surface area contributed by atoms with Gasteiger partial charge in [-0.25, -0.2) is 9.78 Å². The topological polar surface area (TPSA) is 73.2 Å². The summed E-state index contributed by atoms with van der Waals surface area (Å²) >= 11 is 1.50. The maximum absolute atomic E-state index is 12.7. The number of carbonyl (C=O) groups is 2. The minimum Gasteiger partial charge on any atom is -0.465 e. The van der Waals surface area contributed by atoms with Crippen molar-refractivity contribution in [1.29, 1.82) is 0 Å². The first-order valence-electron chi connectivity index (χ1n) is 8.99. The van der Waals surface area contributed by atoms with Gasteiger partial charge in [-0.15, -0.1) is 11.3 Å². The summed E-state index contributed by atoms with van der Waals surface area (Å²) in [7, 11) is 1.38. The highest BCUT2D eigenvalue weighted by Crippen LogP contribution is 2.40. The Hall–Kier alpha value is -2.67. The van der Waals surface area contributed by atoms with Gasteiger partial charge < -0.3 is 14.6 Å².